The monoisotopic (exact) mass is 247 g/mol. The largest absolute Gasteiger partial charge is 0.372 e. The van der Waals surface area contributed by atoms with Crippen LogP contribution >= 0.6 is 0 Å². The molecule has 1 rings (SSSR count). The van der Waals surface area contributed by atoms with Gasteiger partial charge in [-0.2, -0.15) is 5.10 Å². The number of hydrogen-bond acceptors (Lipinski definition) is 3. The summed E-state index contributed by atoms with van der Waals surface area (Å²) in [5, 5.41) is 7.40. The van der Waals surface area contributed by atoms with Crippen molar-refractivity contribution in [3.63, 3.8) is 0 Å². The highest BCUT2D eigenvalue weighted by Gasteiger charge is 2.03. The molecular formula is C13H21N5. The van der Waals surface area contributed by atoms with Crippen molar-refractivity contribution in [2.45, 2.75) is 20.8 Å². The highest BCUT2D eigenvalue weighted by molar-refractivity contribution is 5.83. The van der Waals surface area contributed by atoms with Crippen molar-refractivity contribution in [3.8, 4) is 0 Å². The molecule has 0 amide bonds. The van der Waals surface area contributed by atoms with Gasteiger partial charge in [0.25, 0.3) is 0 Å². The van der Waals surface area contributed by atoms with E-state index >= 15 is 0 Å². The maximum absolute atomic E-state index is 5.20. The van der Waals surface area contributed by atoms with Gasteiger partial charge in [0, 0.05) is 18.8 Å². The van der Waals surface area contributed by atoms with Crippen LogP contribution in [0.25, 0.3) is 0 Å². The number of guanidine groups is 1. The zero-order valence-corrected chi connectivity index (χ0v) is 11.2. The lowest BCUT2D eigenvalue weighted by atomic mass is 10.1. The van der Waals surface area contributed by atoms with Gasteiger partial charge >= 0.3 is 0 Å². The van der Waals surface area contributed by atoms with E-state index in [-0.39, 0.29) is 5.96 Å². The van der Waals surface area contributed by atoms with Crippen LogP contribution in [0.5, 0.6) is 0 Å². The topological polar surface area (TPSA) is 80.0 Å². The second-order valence-corrected chi connectivity index (χ2v) is 3.98. The average Bonchev–Trinajstić information content (AvgIpc) is 2.33. The van der Waals surface area contributed by atoms with Crippen LogP contribution in [0.15, 0.2) is 28.4 Å². The fourth-order valence-electron chi connectivity index (χ4n) is 1.75. The van der Waals surface area contributed by atoms with E-state index < -0.39 is 0 Å². The van der Waals surface area contributed by atoms with Crippen LogP contribution in [0.2, 0.25) is 0 Å². The Morgan fingerprint density at radius 1 is 1.28 bits per heavy atom. The lowest BCUT2D eigenvalue weighted by molar-refractivity contribution is 0.865. The van der Waals surface area contributed by atoms with E-state index in [2.05, 4.69) is 41.1 Å². The van der Waals surface area contributed by atoms with Gasteiger partial charge in [-0.05, 0) is 44.0 Å². The first-order valence-corrected chi connectivity index (χ1v) is 6.06. The van der Waals surface area contributed by atoms with Crippen LogP contribution < -0.4 is 16.4 Å². The third-order valence-electron chi connectivity index (χ3n) is 2.75. The highest BCUT2D eigenvalue weighted by atomic mass is 15.3. The van der Waals surface area contributed by atoms with Gasteiger partial charge < -0.3 is 16.4 Å². The molecule has 5 heteroatoms. The van der Waals surface area contributed by atoms with Crippen LogP contribution in [-0.2, 0) is 0 Å². The lowest BCUT2D eigenvalue weighted by Crippen LogP contribution is -2.22. The lowest BCUT2D eigenvalue weighted by Gasteiger charge is -2.21. The summed E-state index contributed by atoms with van der Waals surface area (Å²) in [5.74, 6) is -0.0383. The Hall–Kier alpha value is -2.04. The van der Waals surface area contributed by atoms with Gasteiger partial charge in [-0.1, -0.05) is 6.07 Å². The van der Waals surface area contributed by atoms with Gasteiger partial charge in [-0.15, -0.1) is 5.10 Å². The number of nitrogens with zero attached hydrogens (tertiary/aromatic N) is 3. The minimum absolute atomic E-state index is 0.0383. The molecule has 0 aromatic heterocycles. The quantitative estimate of drug-likeness (QED) is 0.469. The molecule has 5 nitrogen and oxygen atoms in total. The predicted molar refractivity (Wildman–Crippen MR) is 78.1 cm³/mol. The number of rotatable bonds is 5. The van der Waals surface area contributed by atoms with E-state index in [9.17, 15) is 0 Å². The summed E-state index contributed by atoms with van der Waals surface area (Å²) in [6.07, 6.45) is 1.65. The Labute approximate surface area is 108 Å². The molecule has 0 spiro atoms. The molecular weight excluding hydrogens is 226 g/mol. The molecule has 18 heavy (non-hydrogen) atoms. The summed E-state index contributed by atoms with van der Waals surface area (Å²) in [4.78, 5) is 2.30. The van der Waals surface area contributed by atoms with Crippen molar-refractivity contribution in [3.05, 3.63) is 29.3 Å². The van der Waals surface area contributed by atoms with Gasteiger partial charge in [0.15, 0.2) is 0 Å². The summed E-state index contributed by atoms with van der Waals surface area (Å²) < 4.78 is 0. The summed E-state index contributed by atoms with van der Waals surface area (Å²) in [6, 6.07) is 6.25. The summed E-state index contributed by atoms with van der Waals surface area (Å²) in [6.45, 7) is 8.33. The van der Waals surface area contributed by atoms with Crippen molar-refractivity contribution in [1.82, 2.24) is 0 Å². The molecule has 0 saturated heterocycles. The average molecular weight is 247 g/mol. The van der Waals surface area contributed by atoms with Gasteiger partial charge in [0.05, 0.1) is 6.21 Å². The first-order valence-electron chi connectivity index (χ1n) is 6.06. The molecule has 0 fully saturated rings. The number of benzene rings is 1. The third kappa shape index (κ3) is 3.76. The zero-order valence-electron chi connectivity index (χ0n) is 11.2. The van der Waals surface area contributed by atoms with E-state index in [4.69, 9.17) is 11.5 Å². The first kappa shape index (κ1) is 14.0. The first-order chi connectivity index (χ1) is 8.58. The van der Waals surface area contributed by atoms with E-state index in [1.807, 2.05) is 13.0 Å². The maximum atomic E-state index is 5.20. The van der Waals surface area contributed by atoms with E-state index in [0.717, 1.165) is 24.2 Å². The molecule has 0 radical (unpaired) electrons. The number of hydrogen-bond donors (Lipinski definition) is 2. The third-order valence-corrected chi connectivity index (χ3v) is 2.75. The molecule has 0 aliphatic carbocycles. The molecule has 0 atom stereocenters. The van der Waals surface area contributed by atoms with Crippen LogP contribution in [0.1, 0.15) is 25.0 Å². The Morgan fingerprint density at radius 3 is 2.44 bits per heavy atom. The SMILES string of the molecule is CCN(CC)c1ccc(C=NN=C(N)N)c(C)c1. The minimum Gasteiger partial charge on any atom is -0.372 e. The molecule has 1 aromatic carbocycles. The van der Waals surface area contributed by atoms with Gasteiger partial charge in [0.1, 0.15) is 0 Å². The second-order valence-electron chi connectivity index (χ2n) is 3.98. The molecule has 1 aromatic rings. The molecule has 98 valence electrons. The molecule has 0 bridgehead atoms. The fraction of sp³-hybridized carbons (Fsp3) is 0.385. The normalized spacial score (nSPS) is 10.6. The predicted octanol–water partition coefficient (Wildman–Crippen LogP) is 1.45. The van der Waals surface area contributed by atoms with Crippen LogP contribution in [-0.4, -0.2) is 25.3 Å². The molecule has 4 N–H and O–H groups in total. The Morgan fingerprint density at radius 2 is 1.94 bits per heavy atom. The van der Waals surface area contributed by atoms with Gasteiger partial charge in [0.2, 0.25) is 5.96 Å². The molecule has 0 saturated carbocycles. The van der Waals surface area contributed by atoms with Crippen molar-refractivity contribution in [2.75, 3.05) is 18.0 Å². The highest BCUT2D eigenvalue weighted by Crippen LogP contribution is 2.18. The second kappa shape index (κ2) is 6.64. The summed E-state index contributed by atoms with van der Waals surface area (Å²) in [5.41, 5.74) is 13.8. The van der Waals surface area contributed by atoms with Crippen LogP contribution in [0.3, 0.4) is 0 Å². The van der Waals surface area contributed by atoms with E-state index in [1.165, 1.54) is 5.69 Å². The summed E-state index contributed by atoms with van der Waals surface area (Å²) in [7, 11) is 0. The zero-order chi connectivity index (χ0) is 13.5. The maximum Gasteiger partial charge on any atom is 0.211 e. The Bertz CT molecular complexity index is 443. The van der Waals surface area contributed by atoms with E-state index in [1.54, 1.807) is 6.21 Å². The molecule has 0 aliphatic heterocycles. The fourth-order valence-corrected chi connectivity index (χ4v) is 1.75. The van der Waals surface area contributed by atoms with Crippen LogP contribution in [0, 0.1) is 6.92 Å². The number of anilines is 1. The Kier molecular flexibility index (Phi) is 5.17. The number of nitrogens with two attached hydrogens (primary N) is 2. The minimum atomic E-state index is -0.0383. The number of aryl methyl sites for hydroxylation is 1. The van der Waals surface area contributed by atoms with Crippen LogP contribution in [0.4, 0.5) is 5.69 Å². The molecule has 0 heterocycles. The van der Waals surface area contributed by atoms with Gasteiger partial charge in [-0.3, -0.25) is 0 Å². The van der Waals surface area contributed by atoms with E-state index in [0.29, 0.717) is 0 Å². The molecule has 0 unspecified atom stereocenters. The van der Waals surface area contributed by atoms with Gasteiger partial charge in [-0.25, -0.2) is 0 Å². The smallest absolute Gasteiger partial charge is 0.211 e. The standard InChI is InChI=1S/C13H21N5/c1-4-18(5-2)12-7-6-11(10(3)8-12)9-16-17-13(14)15/h6-9H,4-5H2,1-3H3,(H4,14,15,17). The van der Waals surface area contributed by atoms with Crippen molar-refractivity contribution < 1.29 is 0 Å². The summed E-state index contributed by atoms with van der Waals surface area (Å²) >= 11 is 0. The van der Waals surface area contributed by atoms with Crippen molar-refractivity contribution in [2.24, 2.45) is 21.7 Å². The van der Waals surface area contributed by atoms with Crippen molar-refractivity contribution >= 4 is 17.9 Å². The van der Waals surface area contributed by atoms with Crippen molar-refractivity contribution in [1.29, 1.82) is 0 Å². The molecule has 0 aliphatic rings. The Balaban J connectivity index is 2.92.